The predicted molar refractivity (Wildman–Crippen MR) is 68.7 cm³/mol. The van der Waals surface area contributed by atoms with Crippen molar-refractivity contribution in [2.75, 3.05) is 12.8 Å². The number of ether oxygens (including phenoxy) is 1. The van der Waals surface area contributed by atoms with Gasteiger partial charge in [0.05, 0.1) is 12.8 Å². The average molecular weight is 295 g/mol. The van der Waals surface area contributed by atoms with E-state index in [1.807, 2.05) is 19.1 Å². The number of nitrogens with zero attached hydrogens (tertiary/aromatic N) is 3. The molecule has 2 N–H and O–H groups in total. The molecule has 0 aliphatic heterocycles. The Bertz CT molecular complexity index is 539. The number of rotatable bonds is 2. The topological polar surface area (TPSA) is 73.9 Å². The highest BCUT2D eigenvalue weighted by Gasteiger charge is 2.11. The standard InChI is InChI=1S/C11H11BrN4O/c1-6-5-7(15-11(13)14-6)10-8(17-2)3-4-9(12)16-10/h3-5H,1-2H3,(H2,13,14,15). The maximum Gasteiger partial charge on any atom is 0.220 e. The highest BCUT2D eigenvalue weighted by molar-refractivity contribution is 9.10. The van der Waals surface area contributed by atoms with Crippen molar-refractivity contribution in [3.63, 3.8) is 0 Å². The lowest BCUT2D eigenvalue weighted by Gasteiger charge is -2.08. The van der Waals surface area contributed by atoms with Gasteiger partial charge in [0.15, 0.2) is 0 Å². The first-order valence-corrected chi connectivity index (χ1v) is 5.71. The fourth-order valence-electron chi connectivity index (χ4n) is 1.48. The number of hydrogen-bond donors (Lipinski definition) is 1. The van der Waals surface area contributed by atoms with Gasteiger partial charge in [0.25, 0.3) is 0 Å². The summed E-state index contributed by atoms with van der Waals surface area (Å²) in [5.74, 6) is 0.870. The van der Waals surface area contributed by atoms with Crippen LogP contribution in [0.4, 0.5) is 5.95 Å². The number of pyridine rings is 1. The Kier molecular flexibility index (Phi) is 3.23. The molecule has 2 aromatic rings. The number of anilines is 1. The number of nitrogens with two attached hydrogens (primary N) is 1. The Morgan fingerprint density at radius 1 is 1.24 bits per heavy atom. The summed E-state index contributed by atoms with van der Waals surface area (Å²) >= 11 is 3.32. The van der Waals surface area contributed by atoms with Crippen molar-refractivity contribution in [1.82, 2.24) is 15.0 Å². The van der Waals surface area contributed by atoms with E-state index < -0.39 is 0 Å². The van der Waals surface area contributed by atoms with E-state index >= 15 is 0 Å². The van der Waals surface area contributed by atoms with E-state index in [1.165, 1.54) is 0 Å². The van der Waals surface area contributed by atoms with Gasteiger partial charge < -0.3 is 10.5 Å². The second-order valence-corrected chi connectivity index (χ2v) is 4.25. The van der Waals surface area contributed by atoms with Crippen LogP contribution in [0.25, 0.3) is 11.4 Å². The molecule has 0 amide bonds. The van der Waals surface area contributed by atoms with Crippen LogP contribution in [-0.2, 0) is 0 Å². The van der Waals surface area contributed by atoms with Crippen molar-refractivity contribution in [3.05, 3.63) is 28.5 Å². The molecular formula is C11H11BrN4O. The van der Waals surface area contributed by atoms with Gasteiger partial charge in [0.1, 0.15) is 16.0 Å². The molecular weight excluding hydrogens is 284 g/mol. The van der Waals surface area contributed by atoms with Crippen LogP contribution >= 0.6 is 15.9 Å². The lowest BCUT2D eigenvalue weighted by molar-refractivity contribution is 0.414. The summed E-state index contributed by atoms with van der Waals surface area (Å²) in [6.07, 6.45) is 0. The third kappa shape index (κ3) is 2.52. The molecule has 0 spiro atoms. The second kappa shape index (κ2) is 4.67. The first kappa shape index (κ1) is 11.8. The predicted octanol–water partition coefficient (Wildman–Crippen LogP) is 2.20. The van der Waals surface area contributed by atoms with E-state index in [0.29, 0.717) is 21.7 Å². The van der Waals surface area contributed by atoms with Crippen LogP contribution in [0.5, 0.6) is 5.75 Å². The number of hydrogen-bond acceptors (Lipinski definition) is 5. The van der Waals surface area contributed by atoms with Crippen LogP contribution in [0, 0.1) is 6.92 Å². The lowest BCUT2D eigenvalue weighted by atomic mass is 10.2. The SMILES string of the molecule is COc1ccc(Br)nc1-c1cc(C)nc(N)n1. The molecule has 0 aliphatic rings. The number of halogens is 1. The van der Waals surface area contributed by atoms with Crippen molar-refractivity contribution in [1.29, 1.82) is 0 Å². The first-order chi connectivity index (χ1) is 8.10. The Balaban J connectivity index is 2.62. The van der Waals surface area contributed by atoms with Gasteiger partial charge in [0, 0.05) is 5.69 Å². The minimum atomic E-state index is 0.226. The molecule has 0 aliphatic carbocycles. The van der Waals surface area contributed by atoms with Crippen LogP contribution < -0.4 is 10.5 Å². The van der Waals surface area contributed by atoms with Crippen molar-refractivity contribution < 1.29 is 4.74 Å². The number of nitrogen functional groups attached to an aromatic ring is 1. The van der Waals surface area contributed by atoms with Crippen LogP contribution in [0.1, 0.15) is 5.69 Å². The molecule has 0 unspecified atom stereocenters. The Hall–Kier alpha value is -1.69. The van der Waals surface area contributed by atoms with E-state index in [9.17, 15) is 0 Å². The molecule has 0 saturated carbocycles. The van der Waals surface area contributed by atoms with Gasteiger partial charge in [-0.3, -0.25) is 0 Å². The fraction of sp³-hybridized carbons (Fsp3) is 0.182. The highest BCUT2D eigenvalue weighted by Crippen LogP contribution is 2.28. The largest absolute Gasteiger partial charge is 0.494 e. The summed E-state index contributed by atoms with van der Waals surface area (Å²) in [5, 5.41) is 0. The minimum Gasteiger partial charge on any atom is -0.494 e. The third-order valence-electron chi connectivity index (χ3n) is 2.16. The second-order valence-electron chi connectivity index (χ2n) is 3.44. The fourth-order valence-corrected chi connectivity index (χ4v) is 1.79. The molecule has 88 valence electrons. The van der Waals surface area contributed by atoms with Crippen LogP contribution in [0.3, 0.4) is 0 Å². The minimum absolute atomic E-state index is 0.226. The Morgan fingerprint density at radius 3 is 2.65 bits per heavy atom. The van der Waals surface area contributed by atoms with E-state index in [0.717, 1.165) is 5.69 Å². The normalized spacial score (nSPS) is 10.3. The van der Waals surface area contributed by atoms with Crippen LogP contribution in [0.15, 0.2) is 22.8 Å². The number of aryl methyl sites for hydroxylation is 1. The maximum absolute atomic E-state index is 5.62. The third-order valence-corrected chi connectivity index (χ3v) is 2.60. The average Bonchev–Trinajstić information content (AvgIpc) is 2.27. The molecule has 2 rings (SSSR count). The van der Waals surface area contributed by atoms with Crippen molar-refractivity contribution in [2.45, 2.75) is 6.92 Å². The zero-order valence-electron chi connectivity index (χ0n) is 9.44. The molecule has 2 heterocycles. The monoisotopic (exact) mass is 294 g/mol. The molecule has 0 radical (unpaired) electrons. The quantitative estimate of drug-likeness (QED) is 0.860. The molecule has 0 fully saturated rings. The summed E-state index contributed by atoms with van der Waals surface area (Å²) < 4.78 is 5.96. The lowest BCUT2D eigenvalue weighted by Crippen LogP contribution is -2.00. The van der Waals surface area contributed by atoms with Crippen molar-refractivity contribution >= 4 is 21.9 Å². The Morgan fingerprint density at radius 2 is 2.00 bits per heavy atom. The molecule has 0 atom stereocenters. The van der Waals surface area contributed by atoms with Gasteiger partial charge >= 0.3 is 0 Å². The maximum atomic E-state index is 5.62. The Labute approximate surface area is 107 Å². The van der Waals surface area contributed by atoms with Gasteiger partial charge in [-0.1, -0.05) is 0 Å². The van der Waals surface area contributed by atoms with Gasteiger partial charge in [-0.05, 0) is 41.1 Å². The highest BCUT2D eigenvalue weighted by atomic mass is 79.9. The van der Waals surface area contributed by atoms with E-state index in [2.05, 4.69) is 30.9 Å². The molecule has 5 nitrogen and oxygen atoms in total. The van der Waals surface area contributed by atoms with Crippen LogP contribution in [0.2, 0.25) is 0 Å². The molecule has 0 saturated heterocycles. The molecule has 6 heteroatoms. The molecule has 2 aromatic heterocycles. The number of aromatic nitrogens is 3. The summed E-state index contributed by atoms with van der Waals surface area (Å²) in [5.41, 5.74) is 7.70. The first-order valence-electron chi connectivity index (χ1n) is 4.92. The van der Waals surface area contributed by atoms with Gasteiger partial charge in [-0.2, -0.15) is 0 Å². The number of methoxy groups -OCH3 is 1. The van der Waals surface area contributed by atoms with Crippen molar-refractivity contribution in [3.8, 4) is 17.1 Å². The summed E-state index contributed by atoms with van der Waals surface area (Å²) in [6, 6.07) is 5.44. The van der Waals surface area contributed by atoms with E-state index in [1.54, 1.807) is 13.2 Å². The van der Waals surface area contributed by atoms with E-state index in [-0.39, 0.29) is 5.95 Å². The summed E-state index contributed by atoms with van der Waals surface area (Å²) in [4.78, 5) is 12.5. The smallest absolute Gasteiger partial charge is 0.220 e. The summed E-state index contributed by atoms with van der Waals surface area (Å²) in [7, 11) is 1.59. The zero-order valence-corrected chi connectivity index (χ0v) is 11.0. The van der Waals surface area contributed by atoms with Gasteiger partial charge in [-0.15, -0.1) is 0 Å². The van der Waals surface area contributed by atoms with Gasteiger partial charge in [0.2, 0.25) is 5.95 Å². The molecule has 0 bridgehead atoms. The van der Waals surface area contributed by atoms with Crippen molar-refractivity contribution in [2.24, 2.45) is 0 Å². The summed E-state index contributed by atoms with van der Waals surface area (Å²) in [6.45, 7) is 1.85. The zero-order chi connectivity index (χ0) is 12.4. The van der Waals surface area contributed by atoms with Crippen LogP contribution in [-0.4, -0.2) is 22.1 Å². The molecule has 0 aromatic carbocycles. The van der Waals surface area contributed by atoms with Gasteiger partial charge in [-0.25, -0.2) is 15.0 Å². The van der Waals surface area contributed by atoms with E-state index in [4.69, 9.17) is 10.5 Å². The molecule has 17 heavy (non-hydrogen) atoms.